The van der Waals surface area contributed by atoms with Crippen LogP contribution in [0.1, 0.15) is 32.6 Å². The van der Waals surface area contributed by atoms with Crippen LogP contribution in [0.15, 0.2) is 85.5 Å². The number of pyridine rings is 1. The molecule has 0 radical (unpaired) electrons. The normalized spacial score (nSPS) is 15.0. The maximum absolute atomic E-state index is 13.8. The molecular formula is C28H23FN4OS. The Labute approximate surface area is 206 Å². The highest BCUT2D eigenvalue weighted by atomic mass is 32.2. The van der Waals surface area contributed by atoms with Crippen molar-refractivity contribution < 1.29 is 9.18 Å². The Morgan fingerprint density at radius 1 is 1.09 bits per heavy atom. The van der Waals surface area contributed by atoms with Crippen LogP contribution in [0, 0.1) is 5.82 Å². The van der Waals surface area contributed by atoms with Gasteiger partial charge < -0.3 is 14.9 Å². The van der Waals surface area contributed by atoms with Crippen LogP contribution in [-0.4, -0.2) is 26.4 Å². The SMILES string of the molecule is NCCn1cc(C(=O)c2ccn3c2CS[C@@H]3c2cccnc2)c2ccc(-c3ccc(F)cc3)cc21. The van der Waals surface area contributed by atoms with Crippen molar-refractivity contribution in [3.05, 3.63) is 114 Å². The van der Waals surface area contributed by atoms with Crippen molar-refractivity contribution in [3.8, 4) is 11.1 Å². The highest BCUT2D eigenvalue weighted by Crippen LogP contribution is 2.42. The average molecular weight is 483 g/mol. The minimum absolute atomic E-state index is 0.0153. The lowest BCUT2D eigenvalue weighted by Crippen LogP contribution is -2.09. The first-order chi connectivity index (χ1) is 17.1. The number of thioether (sulfide) groups is 1. The van der Waals surface area contributed by atoms with E-state index in [0.29, 0.717) is 18.7 Å². The van der Waals surface area contributed by atoms with Crippen molar-refractivity contribution >= 4 is 28.4 Å². The van der Waals surface area contributed by atoms with E-state index in [1.54, 1.807) is 30.1 Å². The molecule has 1 aliphatic rings. The lowest BCUT2D eigenvalue weighted by Gasteiger charge is -2.11. The Morgan fingerprint density at radius 2 is 1.91 bits per heavy atom. The van der Waals surface area contributed by atoms with Crippen molar-refractivity contribution in [3.63, 3.8) is 0 Å². The highest BCUT2D eigenvalue weighted by molar-refractivity contribution is 7.99. The summed E-state index contributed by atoms with van der Waals surface area (Å²) in [6.07, 6.45) is 7.58. The van der Waals surface area contributed by atoms with Crippen LogP contribution in [0.25, 0.3) is 22.0 Å². The number of nitrogens with two attached hydrogens (primary N) is 1. The van der Waals surface area contributed by atoms with Crippen molar-refractivity contribution in [1.29, 1.82) is 0 Å². The number of halogens is 1. The fourth-order valence-corrected chi connectivity index (χ4v) is 6.15. The Bertz CT molecular complexity index is 1540. The van der Waals surface area contributed by atoms with Gasteiger partial charge in [-0.15, -0.1) is 11.8 Å². The maximum Gasteiger partial charge on any atom is 0.197 e. The van der Waals surface area contributed by atoms with Crippen LogP contribution in [-0.2, 0) is 12.3 Å². The van der Waals surface area contributed by atoms with E-state index in [-0.39, 0.29) is 17.0 Å². The van der Waals surface area contributed by atoms with Gasteiger partial charge >= 0.3 is 0 Å². The van der Waals surface area contributed by atoms with Crippen LogP contribution in [0.2, 0.25) is 0 Å². The van der Waals surface area contributed by atoms with E-state index < -0.39 is 0 Å². The van der Waals surface area contributed by atoms with Gasteiger partial charge in [0.15, 0.2) is 5.78 Å². The van der Waals surface area contributed by atoms with Crippen LogP contribution in [0.3, 0.4) is 0 Å². The van der Waals surface area contributed by atoms with Gasteiger partial charge in [0.05, 0.1) is 0 Å². The first-order valence-corrected chi connectivity index (χ1v) is 12.5. The van der Waals surface area contributed by atoms with E-state index in [4.69, 9.17) is 5.73 Å². The molecule has 0 amide bonds. The molecule has 2 N–H and O–H groups in total. The number of benzene rings is 2. The average Bonchev–Trinajstić information content (AvgIpc) is 3.59. The summed E-state index contributed by atoms with van der Waals surface area (Å²) in [6.45, 7) is 1.06. The number of nitrogens with zero attached hydrogens (tertiary/aromatic N) is 3. The second-order valence-corrected chi connectivity index (χ2v) is 9.69. The van der Waals surface area contributed by atoms with Crippen molar-refractivity contribution in [1.82, 2.24) is 14.1 Å². The minimum atomic E-state index is -0.266. The van der Waals surface area contributed by atoms with Gasteiger partial charge in [-0.05, 0) is 41.5 Å². The summed E-state index contributed by atoms with van der Waals surface area (Å²) in [7, 11) is 0. The Morgan fingerprint density at radius 3 is 2.69 bits per heavy atom. The number of fused-ring (bicyclic) bond motifs is 2. The number of carbonyl (C=O) groups excluding carboxylic acids is 1. The number of hydrogen-bond acceptors (Lipinski definition) is 4. The molecule has 1 aliphatic heterocycles. The second-order valence-electron chi connectivity index (χ2n) is 8.63. The van der Waals surface area contributed by atoms with Crippen LogP contribution >= 0.6 is 11.8 Å². The van der Waals surface area contributed by atoms with Gasteiger partial charge in [0.1, 0.15) is 11.2 Å². The third-order valence-electron chi connectivity index (χ3n) is 6.54. The molecule has 0 fully saturated rings. The summed E-state index contributed by atoms with van der Waals surface area (Å²) < 4.78 is 17.6. The molecule has 0 bridgehead atoms. The van der Waals surface area contributed by atoms with E-state index in [1.807, 2.05) is 53.5 Å². The van der Waals surface area contributed by atoms with Gasteiger partial charge in [0, 0.05) is 76.9 Å². The van der Waals surface area contributed by atoms with Crippen molar-refractivity contribution in [2.45, 2.75) is 17.7 Å². The van der Waals surface area contributed by atoms with Gasteiger partial charge in [-0.25, -0.2) is 4.39 Å². The summed E-state index contributed by atoms with van der Waals surface area (Å²) in [4.78, 5) is 18.1. The lowest BCUT2D eigenvalue weighted by molar-refractivity contribution is 0.103. The predicted molar refractivity (Wildman–Crippen MR) is 138 cm³/mol. The largest absolute Gasteiger partial charge is 0.345 e. The molecule has 0 unspecified atom stereocenters. The molecule has 35 heavy (non-hydrogen) atoms. The number of ketones is 1. The Kier molecular flexibility index (Phi) is 5.51. The van der Waals surface area contributed by atoms with Crippen molar-refractivity contribution in [2.75, 3.05) is 6.54 Å². The smallest absolute Gasteiger partial charge is 0.197 e. The molecule has 0 saturated carbocycles. The fourth-order valence-electron chi connectivity index (χ4n) is 4.84. The standard InChI is InChI=1S/C28H23FN4OS/c29-21-6-3-18(4-7-21)19-5-8-22-24(16-32(13-10-30)25(22)14-19)27(34)23-9-12-33-26(23)17-35-28(33)20-2-1-11-31-15-20/h1-9,11-12,14-16,28H,10,13,17,30H2/t28-/m1/s1. The molecule has 0 saturated heterocycles. The number of aromatic nitrogens is 3. The summed E-state index contributed by atoms with van der Waals surface area (Å²) in [5.41, 5.74) is 12.3. The molecule has 5 aromatic rings. The van der Waals surface area contributed by atoms with Gasteiger partial charge in [0.25, 0.3) is 0 Å². The van der Waals surface area contributed by atoms with Gasteiger partial charge in [0.2, 0.25) is 0 Å². The zero-order chi connectivity index (χ0) is 23.9. The molecule has 174 valence electrons. The van der Waals surface area contributed by atoms with Gasteiger partial charge in [-0.3, -0.25) is 9.78 Å². The molecule has 0 aliphatic carbocycles. The second kappa shape index (κ2) is 8.83. The molecule has 2 aromatic carbocycles. The first-order valence-electron chi connectivity index (χ1n) is 11.5. The molecule has 0 spiro atoms. The molecule has 7 heteroatoms. The fraction of sp³-hybridized carbons (Fsp3) is 0.143. The van der Waals surface area contributed by atoms with E-state index in [2.05, 4.69) is 15.6 Å². The highest BCUT2D eigenvalue weighted by Gasteiger charge is 2.30. The summed E-state index contributed by atoms with van der Waals surface area (Å²) >= 11 is 1.80. The molecule has 3 aromatic heterocycles. The van der Waals surface area contributed by atoms with Crippen LogP contribution in [0.5, 0.6) is 0 Å². The minimum Gasteiger partial charge on any atom is -0.345 e. The third kappa shape index (κ3) is 3.77. The van der Waals surface area contributed by atoms with Crippen molar-refractivity contribution in [2.24, 2.45) is 5.73 Å². The lowest BCUT2D eigenvalue weighted by atomic mass is 10.00. The molecule has 5 nitrogen and oxygen atoms in total. The Balaban J connectivity index is 1.40. The Hall–Kier alpha value is -3.68. The molecule has 1 atom stereocenters. The number of hydrogen-bond donors (Lipinski definition) is 1. The zero-order valence-electron chi connectivity index (χ0n) is 18.9. The van der Waals surface area contributed by atoms with Gasteiger partial charge in [-0.2, -0.15) is 0 Å². The van der Waals surface area contributed by atoms with E-state index in [1.165, 1.54) is 12.1 Å². The number of carbonyl (C=O) groups is 1. The van der Waals surface area contributed by atoms with Gasteiger partial charge in [-0.1, -0.05) is 30.3 Å². The zero-order valence-corrected chi connectivity index (χ0v) is 19.7. The molecule has 6 rings (SSSR count). The van der Waals surface area contributed by atoms with Crippen LogP contribution < -0.4 is 5.73 Å². The van der Waals surface area contributed by atoms with E-state index >= 15 is 0 Å². The third-order valence-corrected chi connectivity index (χ3v) is 7.80. The maximum atomic E-state index is 13.8. The monoisotopic (exact) mass is 482 g/mol. The molecule has 4 heterocycles. The summed E-state index contributed by atoms with van der Waals surface area (Å²) in [5, 5.41) is 1.01. The van der Waals surface area contributed by atoms with E-state index in [9.17, 15) is 9.18 Å². The number of rotatable bonds is 6. The van der Waals surface area contributed by atoms with Crippen LogP contribution in [0.4, 0.5) is 4.39 Å². The summed E-state index contributed by atoms with van der Waals surface area (Å²) in [5.74, 6) is 0.517. The predicted octanol–water partition coefficient (Wildman–Crippen LogP) is 5.63. The first kappa shape index (κ1) is 21.8. The molecular weight excluding hydrogens is 459 g/mol. The summed E-state index contributed by atoms with van der Waals surface area (Å²) in [6, 6.07) is 18.4. The topological polar surface area (TPSA) is 65.8 Å². The quantitative estimate of drug-likeness (QED) is 0.319. The van der Waals surface area contributed by atoms with E-state index in [0.717, 1.165) is 44.6 Å².